The minimum Gasteiger partial charge on any atom is -0.480 e. The molecule has 0 aliphatic rings. The molecule has 0 saturated carbocycles. The van der Waals surface area contributed by atoms with Crippen molar-refractivity contribution in [3.05, 3.63) is 24.0 Å². The third-order valence-electron chi connectivity index (χ3n) is 2.24. The molecule has 0 unspecified atom stereocenters. The van der Waals surface area contributed by atoms with Crippen LogP contribution in [-0.2, 0) is 9.59 Å². The highest BCUT2D eigenvalue weighted by atomic mass is 16.4. The van der Waals surface area contributed by atoms with Gasteiger partial charge in [0.05, 0.1) is 11.9 Å². The molecule has 0 bridgehead atoms. The van der Waals surface area contributed by atoms with Crippen LogP contribution in [0.5, 0.6) is 0 Å². The molecule has 86 valence electrons. The maximum absolute atomic E-state index is 11.7. The van der Waals surface area contributed by atoms with Crippen LogP contribution in [0.4, 0.5) is 5.69 Å². The molecule has 0 aliphatic carbocycles. The van der Waals surface area contributed by atoms with Crippen molar-refractivity contribution >= 4 is 17.6 Å². The van der Waals surface area contributed by atoms with Gasteiger partial charge in [0.2, 0.25) is 5.91 Å². The van der Waals surface area contributed by atoms with Gasteiger partial charge in [-0.05, 0) is 32.4 Å². The Morgan fingerprint density at radius 1 is 1.38 bits per heavy atom. The lowest BCUT2D eigenvalue weighted by atomic mass is 9.92. The summed E-state index contributed by atoms with van der Waals surface area (Å²) in [5.41, 5.74) is -0.0609. The van der Waals surface area contributed by atoms with E-state index in [1.165, 1.54) is 20.0 Å². The van der Waals surface area contributed by atoms with Gasteiger partial charge in [-0.3, -0.25) is 14.6 Å². The van der Waals surface area contributed by atoms with Crippen molar-refractivity contribution in [1.29, 1.82) is 0 Å². The maximum Gasteiger partial charge on any atom is 0.318 e. The highest BCUT2D eigenvalue weighted by Crippen LogP contribution is 2.18. The summed E-state index contributed by atoms with van der Waals surface area (Å²) in [5, 5.41) is 11.4. The number of nitrogens with one attached hydrogen (secondary N) is 1. The van der Waals surface area contributed by atoms with E-state index < -0.39 is 17.3 Å². The summed E-state index contributed by atoms with van der Waals surface area (Å²) in [6, 6.07) is 1.73. The first-order valence-electron chi connectivity index (χ1n) is 4.80. The Hall–Kier alpha value is -1.91. The van der Waals surface area contributed by atoms with Gasteiger partial charge in [0.25, 0.3) is 0 Å². The number of aryl methyl sites for hydroxylation is 1. The smallest absolute Gasteiger partial charge is 0.318 e. The van der Waals surface area contributed by atoms with Crippen molar-refractivity contribution in [2.24, 2.45) is 5.41 Å². The number of carboxylic acids is 1. The van der Waals surface area contributed by atoms with Crippen molar-refractivity contribution in [3.63, 3.8) is 0 Å². The second kappa shape index (κ2) is 4.30. The van der Waals surface area contributed by atoms with Crippen LogP contribution < -0.4 is 5.32 Å². The third kappa shape index (κ3) is 2.56. The van der Waals surface area contributed by atoms with Crippen LogP contribution >= 0.6 is 0 Å². The number of rotatable bonds is 3. The first-order valence-corrected chi connectivity index (χ1v) is 4.80. The average Bonchev–Trinajstić information content (AvgIpc) is 2.17. The molecule has 5 heteroatoms. The Morgan fingerprint density at radius 3 is 2.50 bits per heavy atom. The van der Waals surface area contributed by atoms with Crippen molar-refractivity contribution < 1.29 is 14.7 Å². The molecule has 1 rings (SSSR count). The van der Waals surface area contributed by atoms with Crippen LogP contribution in [0, 0.1) is 12.3 Å². The monoisotopic (exact) mass is 222 g/mol. The lowest BCUT2D eigenvalue weighted by Crippen LogP contribution is -2.37. The zero-order valence-electron chi connectivity index (χ0n) is 9.44. The van der Waals surface area contributed by atoms with Gasteiger partial charge in [0.15, 0.2) is 0 Å². The van der Waals surface area contributed by atoms with Gasteiger partial charge in [0.1, 0.15) is 5.41 Å². The molecular formula is C11H14N2O3. The number of pyridine rings is 1. The van der Waals surface area contributed by atoms with Crippen molar-refractivity contribution in [2.75, 3.05) is 5.32 Å². The van der Waals surface area contributed by atoms with Crippen LogP contribution in [0.1, 0.15) is 19.4 Å². The van der Waals surface area contributed by atoms with E-state index in [-0.39, 0.29) is 0 Å². The van der Waals surface area contributed by atoms with Crippen molar-refractivity contribution in [1.82, 2.24) is 4.98 Å². The summed E-state index contributed by atoms with van der Waals surface area (Å²) >= 11 is 0. The molecule has 2 N–H and O–H groups in total. The average molecular weight is 222 g/mol. The molecule has 0 fully saturated rings. The molecule has 1 heterocycles. The Labute approximate surface area is 93.5 Å². The third-order valence-corrected chi connectivity index (χ3v) is 2.24. The number of aliphatic carboxylic acids is 1. The minimum absolute atomic E-state index is 0.499. The van der Waals surface area contributed by atoms with Crippen LogP contribution in [0.2, 0.25) is 0 Å². The fourth-order valence-electron chi connectivity index (χ4n) is 1.01. The summed E-state index contributed by atoms with van der Waals surface area (Å²) in [7, 11) is 0. The predicted molar refractivity (Wildman–Crippen MR) is 59.0 cm³/mol. The molecule has 0 atom stereocenters. The predicted octanol–water partition coefficient (Wildman–Crippen LogP) is 1.44. The molecule has 1 aromatic heterocycles. The topological polar surface area (TPSA) is 79.3 Å². The molecule has 1 amide bonds. The molecule has 0 saturated heterocycles. The SMILES string of the molecule is Cc1cncc(NC(=O)C(C)(C)C(=O)O)c1. The van der Waals surface area contributed by atoms with Gasteiger partial charge >= 0.3 is 5.97 Å². The summed E-state index contributed by atoms with van der Waals surface area (Å²) in [4.78, 5) is 26.4. The highest BCUT2D eigenvalue weighted by Gasteiger charge is 2.35. The van der Waals surface area contributed by atoms with E-state index in [4.69, 9.17) is 5.11 Å². The second-order valence-corrected chi connectivity index (χ2v) is 4.14. The van der Waals surface area contributed by atoms with E-state index in [0.717, 1.165) is 5.56 Å². The molecular weight excluding hydrogens is 208 g/mol. The lowest BCUT2D eigenvalue weighted by molar-refractivity contribution is -0.151. The molecule has 0 aliphatic heterocycles. The fourth-order valence-corrected chi connectivity index (χ4v) is 1.01. The van der Waals surface area contributed by atoms with Gasteiger partial charge < -0.3 is 10.4 Å². The molecule has 1 aromatic rings. The first-order chi connectivity index (χ1) is 7.34. The van der Waals surface area contributed by atoms with Crippen LogP contribution in [-0.4, -0.2) is 22.0 Å². The van der Waals surface area contributed by atoms with Crippen LogP contribution in [0.3, 0.4) is 0 Å². The van der Waals surface area contributed by atoms with Crippen molar-refractivity contribution in [2.45, 2.75) is 20.8 Å². The number of anilines is 1. The Bertz CT molecular complexity index is 427. The molecule has 0 spiro atoms. The highest BCUT2D eigenvalue weighted by molar-refractivity contribution is 6.07. The van der Waals surface area contributed by atoms with E-state index in [1.807, 2.05) is 6.92 Å². The molecule has 0 aromatic carbocycles. The van der Waals surface area contributed by atoms with E-state index >= 15 is 0 Å². The normalized spacial score (nSPS) is 10.9. The summed E-state index contributed by atoms with van der Waals surface area (Å²) in [6.45, 7) is 4.55. The van der Waals surface area contributed by atoms with Gasteiger partial charge in [-0.2, -0.15) is 0 Å². The molecule has 16 heavy (non-hydrogen) atoms. The number of nitrogens with zero attached hydrogens (tertiary/aromatic N) is 1. The van der Waals surface area contributed by atoms with Crippen LogP contribution in [0.15, 0.2) is 18.5 Å². The standard InChI is InChI=1S/C11H14N2O3/c1-7-4-8(6-12-5-7)13-9(14)11(2,3)10(15)16/h4-6H,1-3H3,(H,13,14)(H,15,16). The van der Waals surface area contributed by atoms with E-state index in [0.29, 0.717) is 5.69 Å². The van der Waals surface area contributed by atoms with Crippen LogP contribution in [0.25, 0.3) is 0 Å². The quantitative estimate of drug-likeness (QED) is 0.758. The minimum atomic E-state index is -1.45. The molecule has 5 nitrogen and oxygen atoms in total. The zero-order valence-corrected chi connectivity index (χ0v) is 9.44. The number of carbonyl (C=O) groups excluding carboxylic acids is 1. The fraction of sp³-hybridized carbons (Fsp3) is 0.364. The zero-order chi connectivity index (χ0) is 12.3. The van der Waals surface area contributed by atoms with E-state index in [9.17, 15) is 9.59 Å². The van der Waals surface area contributed by atoms with Gasteiger partial charge in [0, 0.05) is 6.20 Å². The number of aromatic nitrogens is 1. The van der Waals surface area contributed by atoms with Crippen molar-refractivity contribution in [3.8, 4) is 0 Å². The summed E-state index contributed by atoms with van der Waals surface area (Å²) in [6.07, 6.45) is 3.13. The number of hydrogen-bond acceptors (Lipinski definition) is 3. The Morgan fingerprint density at radius 2 is 2.00 bits per heavy atom. The largest absolute Gasteiger partial charge is 0.480 e. The summed E-state index contributed by atoms with van der Waals surface area (Å²) < 4.78 is 0. The van der Waals surface area contributed by atoms with E-state index in [2.05, 4.69) is 10.3 Å². The van der Waals surface area contributed by atoms with Gasteiger partial charge in [-0.25, -0.2) is 0 Å². The maximum atomic E-state index is 11.7. The number of carboxylic acid groups (broad SMARTS) is 1. The number of carbonyl (C=O) groups is 2. The summed E-state index contributed by atoms with van der Waals surface area (Å²) in [5.74, 6) is -1.72. The van der Waals surface area contributed by atoms with Gasteiger partial charge in [-0.1, -0.05) is 0 Å². The Balaban J connectivity index is 2.83. The number of amides is 1. The number of hydrogen-bond donors (Lipinski definition) is 2. The molecule has 0 radical (unpaired) electrons. The van der Waals surface area contributed by atoms with E-state index in [1.54, 1.807) is 12.3 Å². The first kappa shape index (κ1) is 12.2. The Kier molecular flexibility index (Phi) is 3.27. The second-order valence-electron chi connectivity index (χ2n) is 4.14. The lowest BCUT2D eigenvalue weighted by Gasteiger charge is -2.18. The van der Waals surface area contributed by atoms with Gasteiger partial charge in [-0.15, -0.1) is 0 Å².